The van der Waals surface area contributed by atoms with E-state index in [1.165, 1.54) is 11.3 Å². The van der Waals surface area contributed by atoms with Gasteiger partial charge in [0.2, 0.25) is 0 Å². The first-order valence-electron chi connectivity index (χ1n) is 3.34. The second-order valence-corrected chi connectivity index (χ2v) is 3.74. The zero-order valence-corrected chi connectivity index (χ0v) is 7.58. The second kappa shape index (κ2) is 4.66. The predicted molar refractivity (Wildman–Crippen MR) is 47.9 cm³/mol. The molecule has 0 radical (unpaired) electrons. The van der Waals surface area contributed by atoms with Crippen LogP contribution in [0.5, 0.6) is 0 Å². The van der Waals surface area contributed by atoms with Crippen molar-refractivity contribution in [1.82, 2.24) is 10.3 Å². The third-order valence-corrected chi connectivity index (χ3v) is 2.26. The molecule has 0 fully saturated rings. The van der Waals surface area contributed by atoms with Crippen molar-refractivity contribution in [3.05, 3.63) is 15.5 Å². The maximum atomic E-state index is 5.63. The Bertz CT molecular complexity index is 213. The Labute approximate surface area is 74.6 Å². The van der Waals surface area contributed by atoms with Gasteiger partial charge in [-0.2, -0.15) is 0 Å². The lowest BCUT2D eigenvalue weighted by Gasteiger charge is -1.97. The molecule has 0 bridgehead atoms. The summed E-state index contributed by atoms with van der Waals surface area (Å²) in [6, 6.07) is 0. The Hall–Kier alpha value is -0.160. The average molecular weight is 192 g/mol. The standard InChI is InChI=1S/C6H10ClN3S/c7-6-10-4-5(11-6)3-9-2-1-8/h4,9H,1-3,8H2. The van der Waals surface area contributed by atoms with Gasteiger partial charge in [0.05, 0.1) is 0 Å². The molecule has 0 unspecified atom stereocenters. The van der Waals surface area contributed by atoms with Gasteiger partial charge < -0.3 is 11.1 Å². The summed E-state index contributed by atoms with van der Waals surface area (Å²) in [6.07, 6.45) is 1.77. The maximum absolute atomic E-state index is 5.63. The van der Waals surface area contributed by atoms with Crippen molar-refractivity contribution in [3.63, 3.8) is 0 Å². The number of aromatic nitrogens is 1. The number of nitrogens with zero attached hydrogens (tertiary/aromatic N) is 1. The molecule has 1 aromatic rings. The third kappa shape index (κ3) is 3.16. The van der Waals surface area contributed by atoms with Crippen LogP contribution in [0.15, 0.2) is 6.20 Å². The van der Waals surface area contributed by atoms with Gasteiger partial charge in [0.1, 0.15) is 0 Å². The van der Waals surface area contributed by atoms with Gasteiger partial charge in [0.15, 0.2) is 4.47 Å². The Morgan fingerprint density at radius 2 is 2.55 bits per heavy atom. The Morgan fingerprint density at radius 1 is 1.73 bits per heavy atom. The lowest BCUT2D eigenvalue weighted by molar-refractivity contribution is 0.701. The fourth-order valence-corrected chi connectivity index (χ4v) is 1.63. The zero-order chi connectivity index (χ0) is 8.10. The van der Waals surface area contributed by atoms with E-state index in [-0.39, 0.29) is 0 Å². The summed E-state index contributed by atoms with van der Waals surface area (Å²) < 4.78 is 0.592. The molecule has 0 amide bonds. The quantitative estimate of drug-likeness (QED) is 0.694. The lowest BCUT2D eigenvalue weighted by atomic mass is 10.5. The summed E-state index contributed by atoms with van der Waals surface area (Å²) in [6.45, 7) is 2.30. The zero-order valence-electron chi connectivity index (χ0n) is 6.01. The van der Waals surface area contributed by atoms with E-state index in [1.807, 2.05) is 0 Å². The van der Waals surface area contributed by atoms with E-state index in [0.29, 0.717) is 11.0 Å². The van der Waals surface area contributed by atoms with Crippen molar-refractivity contribution in [3.8, 4) is 0 Å². The van der Waals surface area contributed by atoms with E-state index >= 15 is 0 Å². The average Bonchev–Trinajstić information content (AvgIpc) is 2.37. The van der Waals surface area contributed by atoms with E-state index in [9.17, 15) is 0 Å². The van der Waals surface area contributed by atoms with Gasteiger partial charge in [0, 0.05) is 30.7 Å². The van der Waals surface area contributed by atoms with Gasteiger partial charge in [-0.25, -0.2) is 4.98 Å². The summed E-state index contributed by atoms with van der Waals surface area (Å²) >= 11 is 7.12. The van der Waals surface area contributed by atoms with Crippen molar-refractivity contribution in [2.75, 3.05) is 13.1 Å². The molecule has 0 atom stereocenters. The molecule has 11 heavy (non-hydrogen) atoms. The molecule has 1 rings (SSSR count). The molecule has 0 aliphatic heterocycles. The minimum Gasteiger partial charge on any atom is -0.329 e. The highest BCUT2D eigenvalue weighted by molar-refractivity contribution is 7.15. The van der Waals surface area contributed by atoms with Gasteiger partial charge in [-0.1, -0.05) is 11.6 Å². The van der Waals surface area contributed by atoms with Crippen LogP contribution in [0, 0.1) is 0 Å². The molecule has 0 saturated heterocycles. The Balaban J connectivity index is 2.27. The Kier molecular flexibility index (Phi) is 3.79. The highest BCUT2D eigenvalue weighted by Gasteiger charge is 1.96. The fraction of sp³-hybridized carbons (Fsp3) is 0.500. The molecule has 0 aromatic carbocycles. The van der Waals surface area contributed by atoms with Crippen LogP contribution in [0.3, 0.4) is 0 Å². The van der Waals surface area contributed by atoms with Gasteiger partial charge >= 0.3 is 0 Å². The SMILES string of the molecule is NCCNCc1cnc(Cl)s1. The van der Waals surface area contributed by atoms with Crippen molar-refractivity contribution in [2.45, 2.75) is 6.54 Å². The molecule has 1 aromatic heterocycles. The Morgan fingerprint density at radius 3 is 3.09 bits per heavy atom. The summed E-state index contributed by atoms with van der Waals surface area (Å²) in [7, 11) is 0. The number of nitrogens with one attached hydrogen (secondary N) is 1. The molecule has 3 N–H and O–H groups in total. The number of hydrogen-bond acceptors (Lipinski definition) is 4. The maximum Gasteiger partial charge on any atom is 0.183 e. The molecular formula is C6H10ClN3S. The summed E-state index contributed by atoms with van der Waals surface area (Å²) in [5.41, 5.74) is 5.30. The topological polar surface area (TPSA) is 50.9 Å². The fourth-order valence-electron chi connectivity index (χ4n) is 0.679. The summed E-state index contributed by atoms with van der Waals surface area (Å²) in [5, 5.41) is 3.15. The predicted octanol–water partition coefficient (Wildman–Crippen LogP) is 0.845. The van der Waals surface area contributed by atoms with Crippen molar-refractivity contribution >= 4 is 22.9 Å². The van der Waals surface area contributed by atoms with Crippen LogP contribution in [-0.2, 0) is 6.54 Å². The second-order valence-electron chi connectivity index (χ2n) is 2.04. The largest absolute Gasteiger partial charge is 0.329 e. The molecule has 3 nitrogen and oxygen atoms in total. The van der Waals surface area contributed by atoms with Crippen LogP contribution in [0.4, 0.5) is 0 Å². The monoisotopic (exact) mass is 191 g/mol. The number of halogens is 1. The van der Waals surface area contributed by atoms with Gasteiger partial charge in [0.25, 0.3) is 0 Å². The highest BCUT2D eigenvalue weighted by atomic mass is 35.5. The van der Waals surface area contributed by atoms with Crippen LogP contribution in [0.1, 0.15) is 4.88 Å². The van der Waals surface area contributed by atoms with Crippen LogP contribution in [0.25, 0.3) is 0 Å². The number of rotatable bonds is 4. The minimum absolute atomic E-state index is 0.592. The smallest absolute Gasteiger partial charge is 0.183 e. The minimum atomic E-state index is 0.592. The number of thiazole rings is 1. The van der Waals surface area contributed by atoms with E-state index in [0.717, 1.165) is 18.0 Å². The van der Waals surface area contributed by atoms with E-state index < -0.39 is 0 Å². The van der Waals surface area contributed by atoms with Crippen LogP contribution >= 0.6 is 22.9 Å². The summed E-state index contributed by atoms with van der Waals surface area (Å²) in [5.74, 6) is 0. The molecule has 0 aliphatic rings. The first-order chi connectivity index (χ1) is 5.33. The van der Waals surface area contributed by atoms with E-state index in [1.54, 1.807) is 6.20 Å². The highest BCUT2D eigenvalue weighted by Crippen LogP contribution is 2.16. The van der Waals surface area contributed by atoms with Crippen LogP contribution < -0.4 is 11.1 Å². The van der Waals surface area contributed by atoms with Crippen molar-refractivity contribution in [1.29, 1.82) is 0 Å². The van der Waals surface area contributed by atoms with Crippen LogP contribution in [0.2, 0.25) is 4.47 Å². The first kappa shape index (κ1) is 8.93. The number of nitrogens with two attached hydrogens (primary N) is 1. The molecular weight excluding hydrogens is 182 g/mol. The molecule has 5 heteroatoms. The van der Waals surface area contributed by atoms with Crippen molar-refractivity contribution in [2.24, 2.45) is 5.73 Å². The van der Waals surface area contributed by atoms with E-state index in [4.69, 9.17) is 17.3 Å². The van der Waals surface area contributed by atoms with Crippen LogP contribution in [-0.4, -0.2) is 18.1 Å². The molecule has 0 spiro atoms. The van der Waals surface area contributed by atoms with Gasteiger partial charge in [-0.15, -0.1) is 11.3 Å². The molecule has 0 saturated carbocycles. The van der Waals surface area contributed by atoms with E-state index in [2.05, 4.69) is 10.3 Å². The van der Waals surface area contributed by atoms with Crippen molar-refractivity contribution < 1.29 is 0 Å². The normalized spacial score (nSPS) is 10.4. The lowest BCUT2D eigenvalue weighted by Crippen LogP contribution is -2.21. The van der Waals surface area contributed by atoms with Gasteiger partial charge in [-0.05, 0) is 0 Å². The molecule has 62 valence electrons. The molecule has 0 aliphatic carbocycles. The first-order valence-corrected chi connectivity index (χ1v) is 4.53. The number of hydrogen-bond donors (Lipinski definition) is 2. The summed E-state index contributed by atoms with van der Waals surface area (Å²) in [4.78, 5) is 5.05. The van der Waals surface area contributed by atoms with Gasteiger partial charge in [-0.3, -0.25) is 0 Å². The molecule has 1 heterocycles. The third-order valence-electron chi connectivity index (χ3n) is 1.15.